The number of phenols is 1. The maximum absolute atomic E-state index is 13.0. The van der Waals surface area contributed by atoms with E-state index in [0.717, 1.165) is 38.0 Å². The SMILES string of the molecule is CCCCC(CC)CN(CC)c1ccc(C2=C(O)/C(=C3/C=CC(N(CC)CCOC)=CC3=O)C(=O)C2=O)c(O)c1. The molecule has 2 N–H and O–H groups in total. The lowest BCUT2D eigenvalue weighted by molar-refractivity contribution is -0.130. The number of rotatable bonds is 14. The summed E-state index contributed by atoms with van der Waals surface area (Å²) >= 11 is 0. The second-order valence-electron chi connectivity index (χ2n) is 10.2. The van der Waals surface area contributed by atoms with E-state index in [4.69, 9.17) is 4.74 Å². The van der Waals surface area contributed by atoms with Crippen LogP contribution in [0.15, 0.2) is 59.0 Å². The van der Waals surface area contributed by atoms with Gasteiger partial charge in [0.15, 0.2) is 5.78 Å². The maximum Gasteiger partial charge on any atom is 0.238 e. The van der Waals surface area contributed by atoms with E-state index >= 15 is 0 Å². The summed E-state index contributed by atoms with van der Waals surface area (Å²) in [5.74, 6) is -2.68. The lowest BCUT2D eigenvalue weighted by Gasteiger charge is -2.28. The van der Waals surface area contributed by atoms with Crippen LogP contribution in [0.2, 0.25) is 0 Å². The first kappa shape index (κ1) is 30.9. The van der Waals surface area contributed by atoms with Gasteiger partial charge in [0.25, 0.3) is 0 Å². The third-order valence-corrected chi connectivity index (χ3v) is 7.70. The zero-order chi connectivity index (χ0) is 29.4. The molecule has 1 atom stereocenters. The molecule has 0 fully saturated rings. The summed E-state index contributed by atoms with van der Waals surface area (Å²) < 4.78 is 5.13. The van der Waals surface area contributed by atoms with E-state index in [1.165, 1.54) is 18.6 Å². The van der Waals surface area contributed by atoms with Gasteiger partial charge in [-0.25, -0.2) is 0 Å². The molecule has 0 saturated heterocycles. The Kier molecular flexibility index (Phi) is 10.9. The molecule has 0 saturated carbocycles. The monoisotopic (exact) mass is 550 g/mol. The molecule has 0 bridgehead atoms. The molecule has 40 heavy (non-hydrogen) atoms. The number of benzene rings is 1. The summed E-state index contributed by atoms with van der Waals surface area (Å²) in [7, 11) is 1.60. The minimum absolute atomic E-state index is 0.0525. The standard InChI is InChI=1S/C32H42N2O6/c1-6-10-11-21(7-2)20-34(9-4)23-13-15-25(27(36)19-23)29-30(37)28(31(38)32(29)39)24-14-12-22(18-26(24)35)33(8-3)16-17-40-5/h12-15,18-19,21,36-37H,6-11,16-17,20H2,1-5H3/b28-24+. The highest BCUT2D eigenvalue weighted by molar-refractivity contribution is 6.63. The van der Waals surface area contributed by atoms with Gasteiger partial charge in [0, 0.05) is 68.0 Å². The van der Waals surface area contributed by atoms with Crippen molar-refractivity contribution < 1.29 is 29.3 Å². The zero-order valence-corrected chi connectivity index (χ0v) is 24.3. The predicted octanol–water partition coefficient (Wildman–Crippen LogP) is 5.14. The molecule has 1 unspecified atom stereocenters. The Labute approximate surface area is 237 Å². The number of carbonyl (C=O) groups excluding carboxylic acids is 3. The lowest BCUT2D eigenvalue weighted by atomic mass is 9.96. The van der Waals surface area contributed by atoms with Crippen molar-refractivity contribution in [3.63, 3.8) is 0 Å². The lowest BCUT2D eigenvalue weighted by Crippen LogP contribution is -2.29. The van der Waals surface area contributed by atoms with Gasteiger partial charge in [-0.1, -0.05) is 33.1 Å². The van der Waals surface area contributed by atoms with Gasteiger partial charge >= 0.3 is 0 Å². The third kappa shape index (κ3) is 6.55. The Morgan fingerprint density at radius 1 is 0.925 bits per heavy atom. The zero-order valence-electron chi connectivity index (χ0n) is 24.3. The molecule has 8 heteroatoms. The highest BCUT2D eigenvalue weighted by atomic mass is 16.5. The van der Waals surface area contributed by atoms with E-state index in [0.29, 0.717) is 31.3 Å². The van der Waals surface area contributed by atoms with Crippen molar-refractivity contribution in [2.45, 2.75) is 53.4 Å². The molecule has 216 valence electrons. The van der Waals surface area contributed by atoms with Crippen LogP contribution in [0.4, 0.5) is 5.69 Å². The number of ether oxygens (including phenoxy) is 1. The summed E-state index contributed by atoms with van der Waals surface area (Å²) in [6.45, 7) is 11.7. The third-order valence-electron chi connectivity index (χ3n) is 7.70. The number of aliphatic hydroxyl groups excluding tert-OH is 1. The molecule has 0 heterocycles. The van der Waals surface area contributed by atoms with Gasteiger partial charge in [0.05, 0.1) is 17.8 Å². The second-order valence-corrected chi connectivity index (χ2v) is 10.2. The van der Waals surface area contributed by atoms with Crippen molar-refractivity contribution in [3.05, 3.63) is 64.6 Å². The van der Waals surface area contributed by atoms with Crippen molar-refractivity contribution in [2.24, 2.45) is 5.92 Å². The normalized spacial score (nSPS) is 18.0. The van der Waals surface area contributed by atoms with Crippen LogP contribution in [0.25, 0.3) is 5.57 Å². The van der Waals surface area contributed by atoms with Gasteiger partial charge in [0.1, 0.15) is 11.5 Å². The minimum Gasteiger partial charge on any atom is -0.507 e. The summed E-state index contributed by atoms with van der Waals surface area (Å²) in [6, 6.07) is 4.90. The average Bonchev–Trinajstić information content (AvgIpc) is 3.16. The topological polar surface area (TPSA) is 107 Å². The molecular weight excluding hydrogens is 508 g/mol. The van der Waals surface area contributed by atoms with Crippen LogP contribution < -0.4 is 4.90 Å². The molecule has 8 nitrogen and oxygen atoms in total. The first-order valence-electron chi connectivity index (χ1n) is 14.2. The number of likely N-dealkylation sites (N-methyl/N-ethyl adjacent to an activating group) is 1. The van der Waals surface area contributed by atoms with Gasteiger partial charge in [-0.3, -0.25) is 14.4 Å². The number of aliphatic hydroxyl groups is 1. The summed E-state index contributed by atoms with van der Waals surface area (Å²) in [4.78, 5) is 43.2. The summed E-state index contributed by atoms with van der Waals surface area (Å²) in [5, 5.41) is 22.0. The van der Waals surface area contributed by atoms with Crippen molar-refractivity contribution >= 4 is 28.6 Å². The van der Waals surface area contributed by atoms with Crippen molar-refractivity contribution in [1.29, 1.82) is 0 Å². The Morgan fingerprint density at radius 3 is 2.20 bits per heavy atom. The Morgan fingerprint density at radius 2 is 1.62 bits per heavy atom. The molecule has 0 radical (unpaired) electrons. The fourth-order valence-corrected chi connectivity index (χ4v) is 5.23. The van der Waals surface area contributed by atoms with Gasteiger partial charge in [0.2, 0.25) is 11.6 Å². The van der Waals surface area contributed by atoms with E-state index in [2.05, 4.69) is 25.7 Å². The van der Waals surface area contributed by atoms with Crippen LogP contribution >= 0.6 is 0 Å². The van der Waals surface area contributed by atoms with Crippen LogP contribution in [-0.4, -0.2) is 72.4 Å². The van der Waals surface area contributed by atoms with E-state index < -0.39 is 23.1 Å². The largest absolute Gasteiger partial charge is 0.507 e. The first-order valence-corrected chi connectivity index (χ1v) is 14.2. The number of hydrogen-bond donors (Lipinski definition) is 2. The number of aromatic hydroxyl groups is 1. The molecule has 2 aliphatic carbocycles. The summed E-state index contributed by atoms with van der Waals surface area (Å²) in [5.41, 5.74) is 0.833. The van der Waals surface area contributed by atoms with E-state index in [-0.39, 0.29) is 28.0 Å². The number of phenolic OH excluding ortho intramolecular Hbond substituents is 1. The first-order chi connectivity index (χ1) is 19.2. The number of allylic oxidation sites excluding steroid dienone is 6. The molecule has 2 aliphatic rings. The summed E-state index contributed by atoms with van der Waals surface area (Å²) in [6.07, 6.45) is 9.03. The van der Waals surface area contributed by atoms with Crippen LogP contribution in [0.5, 0.6) is 5.75 Å². The van der Waals surface area contributed by atoms with Gasteiger partial charge in [-0.2, -0.15) is 0 Å². The van der Waals surface area contributed by atoms with Crippen molar-refractivity contribution in [3.8, 4) is 5.75 Å². The number of hydrogen-bond acceptors (Lipinski definition) is 8. The molecule has 0 amide bonds. The van der Waals surface area contributed by atoms with Crippen LogP contribution in [-0.2, 0) is 19.1 Å². The number of Topliss-reactive ketones (excluding diaryl/α,β-unsaturated/α-hetero) is 2. The van der Waals surface area contributed by atoms with Crippen LogP contribution in [0.1, 0.15) is 58.9 Å². The van der Waals surface area contributed by atoms with Crippen LogP contribution in [0.3, 0.4) is 0 Å². The van der Waals surface area contributed by atoms with E-state index in [1.807, 2.05) is 11.8 Å². The fraction of sp³-hybridized carbons (Fsp3) is 0.469. The fourth-order valence-electron chi connectivity index (χ4n) is 5.23. The van der Waals surface area contributed by atoms with Gasteiger partial charge in [-0.05, 0) is 50.5 Å². The van der Waals surface area contributed by atoms with Crippen LogP contribution in [0, 0.1) is 5.92 Å². The molecule has 0 aliphatic heterocycles. The number of nitrogens with zero attached hydrogens (tertiary/aromatic N) is 2. The minimum atomic E-state index is -0.968. The number of unbranched alkanes of at least 4 members (excludes halogenated alkanes) is 1. The number of carbonyl (C=O) groups is 3. The quantitative estimate of drug-likeness (QED) is 0.242. The van der Waals surface area contributed by atoms with E-state index in [9.17, 15) is 24.6 Å². The molecule has 0 spiro atoms. The molecule has 3 rings (SSSR count). The Balaban J connectivity index is 1.93. The maximum atomic E-state index is 13.0. The van der Waals surface area contributed by atoms with E-state index in [1.54, 1.807) is 31.4 Å². The molecule has 0 aromatic heterocycles. The van der Waals surface area contributed by atoms with Gasteiger partial charge < -0.3 is 24.7 Å². The molecule has 1 aromatic rings. The highest BCUT2D eigenvalue weighted by Gasteiger charge is 2.41. The predicted molar refractivity (Wildman–Crippen MR) is 157 cm³/mol. The Bertz CT molecular complexity index is 1260. The number of ketones is 3. The molecular formula is C32H42N2O6. The Hall–Kier alpha value is -3.65. The smallest absolute Gasteiger partial charge is 0.238 e. The van der Waals surface area contributed by atoms with Gasteiger partial charge in [-0.15, -0.1) is 0 Å². The van der Waals surface area contributed by atoms with Crippen molar-refractivity contribution in [2.75, 3.05) is 44.8 Å². The van der Waals surface area contributed by atoms with Crippen molar-refractivity contribution in [1.82, 2.24) is 4.90 Å². The number of anilines is 1. The average molecular weight is 551 g/mol. The highest BCUT2D eigenvalue weighted by Crippen LogP contribution is 2.39. The molecule has 1 aromatic carbocycles. The number of methoxy groups -OCH3 is 1. The second kappa shape index (κ2) is 14.1.